The molecule has 0 fully saturated rings. The van der Waals surface area contributed by atoms with Crippen LogP contribution in [0.3, 0.4) is 0 Å². The van der Waals surface area contributed by atoms with Crippen LogP contribution in [0.15, 0.2) is 0 Å². The molecular formula is C16H20Na2O16. The van der Waals surface area contributed by atoms with E-state index in [9.17, 15) is 48.6 Å². The van der Waals surface area contributed by atoms with Crippen molar-refractivity contribution in [2.75, 3.05) is 0 Å². The molecule has 2 unspecified atom stereocenters. The van der Waals surface area contributed by atoms with Crippen molar-refractivity contribution in [1.82, 2.24) is 0 Å². The number of carbonyl (C=O) groups is 8. The molecule has 0 radical (unpaired) electrons. The van der Waals surface area contributed by atoms with Gasteiger partial charge in [-0.15, -0.1) is 0 Å². The minimum Gasteiger partial charge on any atom is -1.00 e. The zero-order valence-corrected chi connectivity index (χ0v) is 22.0. The largest absolute Gasteiger partial charge is 1.00 e. The predicted octanol–water partition coefficient (Wildman–Crippen LogP) is -8.50. The van der Waals surface area contributed by atoms with Gasteiger partial charge in [0, 0.05) is 0 Å². The molecule has 0 aliphatic carbocycles. The molecule has 2 atom stereocenters. The van der Waals surface area contributed by atoms with Gasteiger partial charge in [-0.05, 0) is 0 Å². The SMILES string of the molecule is O=C(O)CC(O)(CC(=O)OC(=O)CCC(=O)OC(=O)CC(O)(CC(=O)O)C(=O)O)C(=O)O.[H-].[H-].[Na+].[Na+]. The van der Waals surface area contributed by atoms with Gasteiger partial charge in [0.2, 0.25) is 0 Å². The fourth-order valence-electron chi connectivity index (χ4n) is 2.04. The Morgan fingerprint density at radius 1 is 0.529 bits per heavy atom. The van der Waals surface area contributed by atoms with E-state index in [2.05, 4.69) is 9.47 Å². The van der Waals surface area contributed by atoms with E-state index in [1.54, 1.807) is 0 Å². The molecule has 0 bridgehead atoms. The van der Waals surface area contributed by atoms with Crippen molar-refractivity contribution in [3.63, 3.8) is 0 Å². The summed E-state index contributed by atoms with van der Waals surface area (Å²) in [5.41, 5.74) is -6.13. The van der Waals surface area contributed by atoms with Gasteiger partial charge >= 0.3 is 107 Å². The van der Waals surface area contributed by atoms with Crippen LogP contribution in [0.25, 0.3) is 0 Å². The number of esters is 4. The molecule has 0 saturated heterocycles. The molecule has 0 aliphatic rings. The first-order valence-corrected chi connectivity index (χ1v) is 8.33. The van der Waals surface area contributed by atoms with E-state index in [-0.39, 0.29) is 62.0 Å². The Balaban J connectivity index is -0.000000801. The van der Waals surface area contributed by atoms with Gasteiger partial charge in [0.1, 0.15) is 0 Å². The maximum atomic E-state index is 11.5. The van der Waals surface area contributed by atoms with Gasteiger partial charge in [0.05, 0.1) is 38.5 Å². The maximum absolute atomic E-state index is 11.5. The number of ether oxygens (including phenoxy) is 2. The van der Waals surface area contributed by atoms with E-state index in [0.717, 1.165) is 0 Å². The quantitative estimate of drug-likeness (QED) is 0.0756. The third-order valence-corrected chi connectivity index (χ3v) is 3.55. The number of aliphatic carboxylic acids is 4. The van der Waals surface area contributed by atoms with Crippen LogP contribution in [0.2, 0.25) is 0 Å². The second-order valence-corrected chi connectivity index (χ2v) is 6.36. The maximum Gasteiger partial charge on any atom is 1.00 e. The summed E-state index contributed by atoms with van der Waals surface area (Å²) in [4.78, 5) is 89.0. The molecule has 6 N–H and O–H groups in total. The van der Waals surface area contributed by atoms with E-state index in [1.165, 1.54) is 0 Å². The summed E-state index contributed by atoms with van der Waals surface area (Å²) < 4.78 is 8.24. The topological polar surface area (TPSA) is 276 Å². The van der Waals surface area contributed by atoms with Crippen molar-refractivity contribution >= 4 is 47.8 Å². The summed E-state index contributed by atoms with van der Waals surface area (Å²) in [6, 6.07) is 0. The third-order valence-electron chi connectivity index (χ3n) is 3.55. The molecule has 16 nitrogen and oxygen atoms in total. The molecule has 18 heteroatoms. The predicted molar refractivity (Wildman–Crippen MR) is 92.6 cm³/mol. The molecule has 0 amide bonds. The molecule has 34 heavy (non-hydrogen) atoms. The Morgan fingerprint density at radius 3 is 1.00 bits per heavy atom. The van der Waals surface area contributed by atoms with Crippen LogP contribution in [-0.4, -0.2) is 89.6 Å². The number of hydrogen-bond donors (Lipinski definition) is 6. The average Bonchev–Trinajstić information content (AvgIpc) is 2.57. The Bertz CT molecular complexity index is 782. The Morgan fingerprint density at radius 2 is 0.794 bits per heavy atom. The number of rotatable bonds is 13. The number of carbonyl (C=O) groups excluding carboxylic acids is 4. The molecule has 0 aromatic rings. The molecular weight excluding hydrogens is 494 g/mol. The van der Waals surface area contributed by atoms with Crippen LogP contribution < -0.4 is 59.1 Å². The summed E-state index contributed by atoms with van der Waals surface area (Å²) in [6.07, 6.45) is -7.43. The standard InChI is InChI=1S/C16H18O16.2Na.2H/c17-7(18)3-15(29,13(25)26)5-11(23)31-9(21)1-2-10(22)32-12(24)6-16(30,14(27)28)4-8(19)20;;;;/h29-30H,1-6H2,(H,17,18)(H,19,20)(H,25,26)(H,27,28);;;;/q;2*+1;2*-1. The summed E-state index contributed by atoms with van der Waals surface area (Å²) in [5.74, 6) is -13.8. The molecule has 0 rings (SSSR count). The summed E-state index contributed by atoms with van der Waals surface area (Å²) >= 11 is 0. The number of aliphatic hydroxyl groups is 2. The Labute approximate surface area is 236 Å². The van der Waals surface area contributed by atoms with Crippen molar-refractivity contribution in [2.45, 2.75) is 49.7 Å². The van der Waals surface area contributed by atoms with E-state index in [1.807, 2.05) is 0 Å². The number of carboxylic acid groups (broad SMARTS) is 4. The number of carboxylic acids is 4. The molecule has 182 valence electrons. The van der Waals surface area contributed by atoms with Gasteiger partial charge in [-0.2, -0.15) is 0 Å². The van der Waals surface area contributed by atoms with Gasteiger partial charge < -0.3 is 43.0 Å². The second kappa shape index (κ2) is 15.9. The summed E-state index contributed by atoms with van der Waals surface area (Å²) in [6.45, 7) is 0. The smallest absolute Gasteiger partial charge is 1.00 e. The fourth-order valence-corrected chi connectivity index (χ4v) is 2.04. The monoisotopic (exact) mass is 514 g/mol. The van der Waals surface area contributed by atoms with E-state index in [0.29, 0.717) is 0 Å². The summed E-state index contributed by atoms with van der Waals surface area (Å²) in [5, 5.41) is 54.0. The van der Waals surface area contributed by atoms with Crippen molar-refractivity contribution < 1.29 is 140 Å². The van der Waals surface area contributed by atoms with Crippen molar-refractivity contribution in [2.24, 2.45) is 0 Å². The Kier molecular flexibility index (Phi) is 17.1. The minimum atomic E-state index is -3.06. The zero-order valence-electron chi connectivity index (χ0n) is 20.0. The molecule has 0 aliphatic heterocycles. The van der Waals surface area contributed by atoms with Crippen LogP contribution in [0.1, 0.15) is 41.4 Å². The first-order chi connectivity index (χ1) is 14.5. The molecule has 0 aromatic carbocycles. The molecule has 0 heterocycles. The van der Waals surface area contributed by atoms with Crippen LogP contribution in [-0.2, 0) is 47.8 Å². The van der Waals surface area contributed by atoms with Crippen LogP contribution in [0, 0.1) is 0 Å². The van der Waals surface area contributed by atoms with Gasteiger partial charge in [-0.3, -0.25) is 28.8 Å². The van der Waals surface area contributed by atoms with Gasteiger partial charge in [-0.1, -0.05) is 0 Å². The van der Waals surface area contributed by atoms with Crippen LogP contribution in [0.4, 0.5) is 0 Å². The number of hydrogen-bond acceptors (Lipinski definition) is 12. The average molecular weight is 514 g/mol. The molecule has 0 saturated carbocycles. The minimum absolute atomic E-state index is 0. The van der Waals surface area contributed by atoms with Crippen molar-refractivity contribution in [3.05, 3.63) is 0 Å². The Hall–Kier alpha value is -1.92. The van der Waals surface area contributed by atoms with Crippen molar-refractivity contribution in [3.8, 4) is 0 Å². The fraction of sp³-hybridized carbons (Fsp3) is 0.500. The van der Waals surface area contributed by atoms with Gasteiger partial charge in [0.15, 0.2) is 11.2 Å². The molecule has 0 spiro atoms. The van der Waals surface area contributed by atoms with Crippen LogP contribution >= 0.6 is 0 Å². The molecule has 0 aromatic heterocycles. The third kappa shape index (κ3) is 13.7. The normalized spacial score (nSPS) is 13.4. The van der Waals surface area contributed by atoms with Crippen molar-refractivity contribution in [1.29, 1.82) is 0 Å². The van der Waals surface area contributed by atoms with E-state index in [4.69, 9.17) is 20.4 Å². The van der Waals surface area contributed by atoms with Crippen LogP contribution in [0.5, 0.6) is 0 Å². The first kappa shape index (κ1) is 36.6. The zero-order chi connectivity index (χ0) is 25.3. The van der Waals surface area contributed by atoms with E-state index < -0.39 is 97.5 Å². The van der Waals surface area contributed by atoms with Gasteiger partial charge in [-0.25, -0.2) is 9.59 Å². The van der Waals surface area contributed by atoms with E-state index >= 15 is 0 Å². The van der Waals surface area contributed by atoms with Gasteiger partial charge in [0.25, 0.3) is 0 Å². The summed E-state index contributed by atoms with van der Waals surface area (Å²) in [7, 11) is 0. The first-order valence-electron chi connectivity index (χ1n) is 8.33. The second-order valence-electron chi connectivity index (χ2n) is 6.36.